The summed E-state index contributed by atoms with van der Waals surface area (Å²) in [5.74, 6) is 0.558. The second-order valence-electron chi connectivity index (χ2n) is 9.75. The summed E-state index contributed by atoms with van der Waals surface area (Å²) in [5.41, 5.74) is 1.75. The van der Waals surface area contributed by atoms with Crippen LogP contribution in [0.5, 0.6) is 5.75 Å². The first-order chi connectivity index (χ1) is 18.1. The fraction of sp³-hybridized carbons (Fsp3) is 0.481. The van der Waals surface area contributed by atoms with Crippen molar-refractivity contribution in [3.63, 3.8) is 0 Å². The molecule has 11 heteroatoms. The van der Waals surface area contributed by atoms with Crippen LogP contribution in [0.25, 0.3) is 5.65 Å². The van der Waals surface area contributed by atoms with Crippen molar-refractivity contribution in [2.24, 2.45) is 5.92 Å². The number of carbonyl (C=O) groups is 2. The molecule has 206 valence electrons. The van der Waals surface area contributed by atoms with E-state index in [0.29, 0.717) is 40.1 Å². The van der Waals surface area contributed by atoms with E-state index in [0.717, 1.165) is 31.6 Å². The molecule has 1 aliphatic rings. The molecule has 0 saturated carbocycles. The van der Waals surface area contributed by atoms with Gasteiger partial charge in [0, 0.05) is 24.7 Å². The number of halogens is 1. The number of benzene rings is 1. The molecule has 1 aliphatic heterocycles. The Balaban J connectivity index is 0.00000195. The van der Waals surface area contributed by atoms with E-state index >= 15 is 0 Å². The lowest BCUT2D eigenvalue weighted by atomic mass is 9.96. The predicted molar refractivity (Wildman–Crippen MR) is 149 cm³/mol. The normalized spacial score (nSPS) is 13.9. The Labute approximate surface area is 228 Å². The average molecular weight is 545 g/mol. The lowest BCUT2D eigenvalue weighted by Crippen LogP contribution is -2.40. The van der Waals surface area contributed by atoms with Crippen LogP contribution in [0.1, 0.15) is 57.8 Å². The second-order valence-corrected chi connectivity index (χ2v) is 10.2. The van der Waals surface area contributed by atoms with E-state index in [9.17, 15) is 9.59 Å². The summed E-state index contributed by atoms with van der Waals surface area (Å²) >= 11 is 6.27. The molecule has 10 nitrogen and oxygen atoms in total. The molecule has 0 bridgehead atoms. The van der Waals surface area contributed by atoms with Crippen LogP contribution >= 0.6 is 11.6 Å². The van der Waals surface area contributed by atoms with Gasteiger partial charge >= 0.3 is 6.09 Å². The zero-order chi connectivity index (χ0) is 27.9. The number of carbonyl (C=O) groups excluding carboxylic acids is 2. The molecule has 0 atom stereocenters. The molecule has 1 fully saturated rings. The minimum absolute atomic E-state index is 0.331. The van der Waals surface area contributed by atoms with Crippen molar-refractivity contribution >= 4 is 40.6 Å². The molecule has 1 aromatic carbocycles. The number of fused-ring (bicyclic) bond motifs is 1. The Kier molecular flexibility index (Phi) is 9.79. The summed E-state index contributed by atoms with van der Waals surface area (Å²) in [6, 6.07) is 5.47. The van der Waals surface area contributed by atoms with Gasteiger partial charge in [0.2, 0.25) is 0 Å². The number of alkyl carbamates (subject to hydrolysis) is 1. The molecule has 0 radical (unpaired) electrons. The fourth-order valence-corrected chi connectivity index (χ4v) is 4.29. The summed E-state index contributed by atoms with van der Waals surface area (Å²) in [6.07, 6.45) is 6.07. The third-order valence-corrected chi connectivity index (χ3v) is 6.14. The highest BCUT2D eigenvalue weighted by atomic mass is 35.5. The Morgan fingerprint density at radius 2 is 1.87 bits per heavy atom. The van der Waals surface area contributed by atoms with Gasteiger partial charge in [-0.3, -0.25) is 4.79 Å². The number of methoxy groups -OCH3 is 1. The van der Waals surface area contributed by atoms with Crippen LogP contribution in [0.2, 0.25) is 5.02 Å². The lowest BCUT2D eigenvalue weighted by Gasteiger charge is -2.35. The van der Waals surface area contributed by atoms with E-state index in [1.165, 1.54) is 10.7 Å². The summed E-state index contributed by atoms with van der Waals surface area (Å²) in [5, 5.41) is 10.6. The number of nitrogens with one attached hydrogen (secondary N) is 2. The van der Waals surface area contributed by atoms with Crippen LogP contribution in [0, 0.1) is 5.92 Å². The standard InChI is InChI=1S/C25H31ClN6O4.C2H6/c1-25(2,3)36-24(34)28-12-16-7-9-31(10-8-16)21-6-5-17(26)11-20(21)30-23(33)19-14-29-32-15-18(35-4)13-27-22(19)32;1-2/h5-6,11,13-16H,7-10,12H2,1-4H3,(H,28,34)(H,30,33);1-2H3. The monoisotopic (exact) mass is 544 g/mol. The molecule has 0 unspecified atom stereocenters. The SMILES string of the molecule is CC.COc1cnc2c(C(=O)Nc3cc(Cl)ccc3N3CCC(CNC(=O)OC(C)(C)C)CC3)cnn2c1. The van der Waals surface area contributed by atoms with Crippen molar-refractivity contribution in [2.75, 3.05) is 37.0 Å². The van der Waals surface area contributed by atoms with Crippen LogP contribution in [0.15, 0.2) is 36.8 Å². The molecule has 2 N–H and O–H groups in total. The van der Waals surface area contributed by atoms with Crippen LogP contribution in [0.4, 0.5) is 16.2 Å². The number of nitrogens with zero attached hydrogens (tertiary/aromatic N) is 4. The highest BCUT2D eigenvalue weighted by Crippen LogP contribution is 2.33. The first-order valence-corrected chi connectivity index (χ1v) is 13.2. The highest BCUT2D eigenvalue weighted by Gasteiger charge is 2.24. The Morgan fingerprint density at radius 3 is 2.53 bits per heavy atom. The molecule has 3 heterocycles. The summed E-state index contributed by atoms with van der Waals surface area (Å²) in [7, 11) is 1.54. The number of piperidine rings is 1. The van der Waals surface area contributed by atoms with Crippen molar-refractivity contribution in [3.8, 4) is 5.75 Å². The number of aromatic nitrogens is 3. The fourth-order valence-electron chi connectivity index (χ4n) is 4.12. The maximum Gasteiger partial charge on any atom is 0.407 e. The maximum absolute atomic E-state index is 13.1. The maximum atomic E-state index is 13.1. The minimum Gasteiger partial charge on any atom is -0.494 e. The first-order valence-electron chi connectivity index (χ1n) is 12.8. The summed E-state index contributed by atoms with van der Waals surface area (Å²) < 4.78 is 12.0. The van der Waals surface area contributed by atoms with Crippen molar-refractivity contribution in [3.05, 3.63) is 47.4 Å². The van der Waals surface area contributed by atoms with Gasteiger partial charge in [-0.2, -0.15) is 5.10 Å². The predicted octanol–water partition coefficient (Wildman–Crippen LogP) is 5.41. The molecule has 0 spiro atoms. The Bertz CT molecular complexity index is 1250. The molecule has 4 rings (SSSR count). The Hall–Kier alpha value is -3.53. The molecule has 38 heavy (non-hydrogen) atoms. The molecular weight excluding hydrogens is 508 g/mol. The number of hydrogen-bond acceptors (Lipinski definition) is 7. The molecular formula is C27H37ClN6O4. The minimum atomic E-state index is -0.519. The van der Waals surface area contributed by atoms with E-state index in [1.807, 2.05) is 46.8 Å². The van der Waals surface area contributed by atoms with E-state index in [1.54, 1.807) is 25.6 Å². The molecule has 3 aromatic rings. The third kappa shape index (κ3) is 7.50. The van der Waals surface area contributed by atoms with E-state index in [4.69, 9.17) is 21.1 Å². The van der Waals surface area contributed by atoms with Crippen LogP contribution in [-0.4, -0.2) is 58.9 Å². The third-order valence-electron chi connectivity index (χ3n) is 5.91. The number of anilines is 2. The van der Waals surface area contributed by atoms with Gasteiger partial charge in [0.15, 0.2) is 11.4 Å². The van der Waals surface area contributed by atoms with E-state index in [2.05, 4.69) is 25.6 Å². The van der Waals surface area contributed by atoms with Crippen LogP contribution in [0.3, 0.4) is 0 Å². The number of hydrogen-bond donors (Lipinski definition) is 2. The highest BCUT2D eigenvalue weighted by molar-refractivity contribution is 6.31. The van der Waals surface area contributed by atoms with Gasteiger partial charge < -0.3 is 25.0 Å². The summed E-state index contributed by atoms with van der Waals surface area (Å²) in [6.45, 7) is 11.7. The van der Waals surface area contributed by atoms with Crippen molar-refractivity contribution in [1.29, 1.82) is 0 Å². The van der Waals surface area contributed by atoms with Gasteiger partial charge in [-0.15, -0.1) is 0 Å². The largest absolute Gasteiger partial charge is 0.494 e. The van der Waals surface area contributed by atoms with Crippen molar-refractivity contribution < 1.29 is 19.1 Å². The number of amides is 2. The zero-order valence-corrected chi connectivity index (χ0v) is 23.6. The molecule has 0 aliphatic carbocycles. The van der Waals surface area contributed by atoms with Gasteiger partial charge in [0.25, 0.3) is 5.91 Å². The Morgan fingerprint density at radius 1 is 1.16 bits per heavy atom. The number of rotatable bonds is 6. The van der Waals surface area contributed by atoms with E-state index < -0.39 is 11.7 Å². The van der Waals surface area contributed by atoms with Crippen LogP contribution in [-0.2, 0) is 4.74 Å². The second kappa shape index (κ2) is 12.8. The number of ether oxygens (including phenoxy) is 2. The molecule has 1 saturated heterocycles. The molecule has 2 amide bonds. The first kappa shape index (κ1) is 29.0. The van der Waals surface area contributed by atoms with Crippen LogP contribution < -0.4 is 20.3 Å². The lowest BCUT2D eigenvalue weighted by molar-refractivity contribution is 0.0516. The van der Waals surface area contributed by atoms with Gasteiger partial charge in [-0.25, -0.2) is 14.3 Å². The van der Waals surface area contributed by atoms with Crippen molar-refractivity contribution in [2.45, 2.75) is 53.1 Å². The van der Waals surface area contributed by atoms with Gasteiger partial charge in [-0.05, 0) is 57.7 Å². The zero-order valence-electron chi connectivity index (χ0n) is 22.9. The average Bonchev–Trinajstić information content (AvgIpc) is 3.31. The van der Waals surface area contributed by atoms with E-state index in [-0.39, 0.29) is 5.91 Å². The molecule has 2 aromatic heterocycles. The quantitative estimate of drug-likeness (QED) is 0.427. The smallest absolute Gasteiger partial charge is 0.407 e. The van der Waals surface area contributed by atoms with Gasteiger partial charge in [-0.1, -0.05) is 25.4 Å². The topological polar surface area (TPSA) is 110 Å². The van der Waals surface area contributed by atoms with Crippen molar-refractivity contribution in [1.82, 2.24) is 19.9 Å². The van der Waals surface area contributed by atoms with Gasteiger partial charge in [0.1, 0.15) is 11.2 Å². The van der Waals surface area contributed by atoms with Gasteiger partial charge in [0.05, 0.1) is 37.1 Å². The summed E-state index contributed by atoms with van der Waals surface area (Å²) in [4.78, 5) is 31.6.